The van der Waals surface area contributed by atoms with E-state index < -0.39 is 5.97 Å². The van der Waals surface area contributed by atoms with Gasteiger partial charge in [-0.3, -0.25) is 4.68 Å². The average molecular weight is 243 g/mol. The zero-order valence-electron chi connectivity index (χ0n) is 9.49. The van der Waals surface area contributed by atoms with Gasteiger partial charge in [-0.25, -0.2) is 9.78 Å². The predicted molar refractivity (Wildman–Crippen MR) is 63.2 cm³/mol. The van der Waals surface area contributed by atoms with Crippen molar-refractivity contribution in [2.75, 3.05) is 0 Å². The van der Waals surface area contributed by atoms with Gasteiger partial charge in [0.1, 0.15) is 11.2 Å². The fourth-order valence-electron chi connectivity index (χ4n) is 1.70. The minimum absolute atomic E-state index is 0.172. The molecule has 0 unspecified atom stereocenters. The van der Waals surface area contributed by atoms with Gasteiger partial charge >= 0.3 is 5.97 Å². The highest BCUT2D eigenvalue weighted by Crippen LogP contribution is 2.23. The Morgan fingerprint density at radius 3 is 2.89 bits per heavy atom. The van der Waals surface area contributed by atoms with Crippen LogP contribution in [0.2, 0.25) is 0 Å². The molecule has 0 aliphatic heterocycles. The minimum Gasteiger partial charge on any atom is -0.478 e. The molecule has 6 heteroatoms. The van der Waals surface area contributed by atoms with E-state index in [1.807, 2.05) is 0 Å². The van der Waals surface area contributed by atoms with Gasteiger partial charge in [-0.05, 0) is 24.3 Å². The van der Waals surface area contributed by atoms with Crippen molar-refractivity contribution in [2.45, 2.75) is 0 Å². The van der Waals surface area contributed by atoms with E-state index in [-0.39, 0.29) is 5.56 Å². The van der Waals surface area contributed by atoms with Crippen LogP contribution in [0, 0.1) is 0 Å². The summed E-state index contributed by atoms with van der Waals surface area (Å²) in [5.41, 5.74) is 1.84. The van der Waals surface area contributed by atoms with Gasteiger partial charge in [-0.2, -0.15) is 5.10 Å². The SMILES string of the molecule is Cn1ccc(-c2nc3ccc(C(=O)O)cc3o2)n1. The highest BCUT2D eigenvalue weighted by molar-refractivity contribution is 5.92. The number of carboxylic acid groups (broad SMARTS) is 1. The fourth-order valence-corrected chi connectivity index (χ4v) is 1.70. The number of aromatic nitrogens is 3. The van der Waals surface area contributed by atoms with E-state index in [2.05, 4.69) is 10.1 Å². The van der Waals surface area contributed by atoms with Crippen LogP contribution in [0.1, 0.15) is 10.4 Å². The van der Waals surface area contributed by atoms with Gasteiger partial charge in [0.2, 0.25) is 5.89 Å². The van der Waals surface area contributed by atoms with Crippen LogP contribution in [-0.4, -0.2) is 25.8 Å². The van der Waals surface area contributed by atoms with Gasteiger partial charge < -0.3 is 9.52 Å². The minimum atomic E-state index is -0.993. The molecule has 2 heterocycles. The number of rotatable bonds is 2. The summed E-state index contributed by atoms with van der Waals surface area (Å²) < 4.78 is 7.15. The smallest absolute Gasteiger partial charge is 0.335 e. The summed E-state index contributed by atoms with van der Waals surface area (Å²) in [6, 6.07) is 6.35. The number of benzene rings is 1. The second-order valence-electron chi connectivity index (χ2n) is 3.88. The third kappa shape index (κ3) is 1.64. The molecule has 0 saturated heterocycles. The molecule has 0 atom stereocenters. The number of fused-ring (bicyclic) bond motifs is 1. The van der Waals surface area contributed by atoms with E-state index in [4.69, 9.17) is 9.52 Å². The van der Waals surface area contributed by atoms with Crippen LogP contribution in [0.15, 0.2) is 34.9 Å². The number of aryl methyl sites for hydroxylation is 1. The standard InChI is InChI=1S/C12H9N3O3/c1-15-5-4-9(14-15)11-13-8-3-2-7(12(16)17)6-10(8)18-11/h2-6H,1H3,(H,16,17). The van der Waals surface area contributed by atoms with E-state index >= 15 is 0 Å². The Hall–Kier alpha value is -2.63. The summed E-state index contributed by atoms with van der Waals surface area (Å²) in [6.45, 7) is 0. The number of oxazole rings is 1. The first-order valence-electron chi connectivity index (χ1n) is 5.27. The summed E-state index contributed by atoms with van der Waals surface area (Å²) in [5.74, 6) is -0.610. The summed E-state index contributed by atoms with van der Waals surface area (Å²) in [4.78, 5) is 15.1. The van der Waals surface area contributed by atoms with Crippen LogP contribution in [0.25, 0.3) is 22.7 Å². The maximum Gasteiger partial charge on any atom is 0.335 e. The van der Waals surface area contributed by atoms with Crippen LogP contribution in [0.3, 0.4) is 0 Å². The van der Waals surface area contributed by atoms with Crippen molar-refractivity contribution in [3.63, 3.8) is 0 Å². The first-order chi connectivity index (χ1) is 8.63. The highest BCUT2D eigenvalue weighted by Gasteiger charge is 2.12. The molecule has 6 nitrogen and oxygen atoms in total. The van der Waals surface area contributed by atoms with Gasteiger partial charge in [0, 0.05) is 13.2 Å². The molecule has 1 aromatic carbocycles. The normalized spacial score (nSPS) is 10.9. The summed E-state index contributed by atoms with van der Waals surface area (Å²) in [6.07, 6.45) is 1.78. The van der Waals surface area contributed by atoms with E-state index in [1.165, 1.54) is 12.1 Å². The van der Waals surface area contributed by atoms with Crippen LogP contribution < -0.4 is 0 Å². The number of aromatic carboxylic acids is 1. The van der Waals surface area contributed by atoms with Crippen LogP contribution in [0.4, 0.5) is 0 Å². The molecule has 0 radical (unpaired) electrons. The molecule has 0 bridgehead atoms. The fraction of sp³-hybridized carbons (Fsp3) is 0.0833. The molecule has 0 spiro atoms. The quantitative estimate of drug-likeness (QED) is 0.743. The Balaban J connectivity index is 2.13. The molecule has 0 fully saturated rings. The van der Waals surface area contributed by atoms with Crippen molar-refractivity contribution in [3.8, 4) is 11.6 Å². The molecular formula is C12H9N3O3. The Morgan fingerprint density at radius 1 is 1.39 bits per heavy atom. The zero-order chi connectivity index (χ0) is 12.7. The van der Waals surface area contributed by atoms with Gasteiger partial charge in [-0.15, -0.1) is 0 Å². The number of carboxylic acids is 1. The maximum atomic E-state index is 10.8. The molecule has 90 valence electrons. The third-order valence-corrected chi connectivity index (χ3v) is 2.57. The van der Waals surface area contributed by atoms with Crippen molar-refractivity contribution in [1.29, 1.82) is 0 Å². The second-order valence-corrected chi connectivity index (χ2v) is 3.88. The molecular weight excluding hydrogens is 234 g/mol. The van der Waals surface area contributed by atoms with Crippen LogP contribution in [-0.2, 0) is 7.05 Å². The Labute approximate surface area is 101 Å². The molecule has 0 aliphatic rings. The van der Waals surface area contributed by atoms with Gasteiger partial charge in [0.05, 0.1) is 5.56 Å². The van der Waals surface area contributed by atoms with E-state index in [9.17, 15) is 4.79 Å². The van der Waals surface area contributed by atoms with E-state index in [0.717, 1.165) is 0 Å². The topological polar surface area (TPSA) is 81.2 Å². The lowest BCUT2D eigenvalue weighted by atomic mass is 10.2. The second kappa shape index (κ2) is 3.69. The molecule has 18 heavy (non-hydrogen) atoms. The Kier molecular flexibility index (Phi) is 2.16. The molecule has 0 amide bonds. The summed E-state index contributed by atoms with van der Waals surface area (Å²) in [7, 11) is 1.80. The molecule has 0 saturated carbocycles. The third-order valence-electron chi connectivity index (χ3n) is 2.57. The molecule has 2 aromatic heterocycles. The molecule has 3 aromatic rings. The lowest BCUT2D eigenvalue weighted by molar-refractivity contribution is 0.0697. The number of nitrogens with zero attached hydrogens (tertiary/aromatic N) is 3. The van der Waals surface area contributed by atoms with E-state index in [0.29, 0.717) is 22.7 Å². The molecule has 1 N–H and O–H groups in total. The number of hydrogen-bond acceptors (Lipinski definition) is 4. The molecule has 3 rings (SSSR count). The van der Waals surface area contributed by atoms with E-state index in [1.54, 1.807) is 30.1 Å². The maximum absolute atomic E-state index is 10.8. The number of hydrogen-bond donors (Lipinski definition) is 1. The van der Waals surface area contributed by atoms with Gasteiger partial charge in [-0.1, -0.05) is 0 Å². The zero-order valence-corrected chi connectivity index (χ0v) is 9.49. The van der Waals surface area contributed by atoms with Crippen molar-refractivity contribution in [2.24, 2.45) is 7.05 Å². The Bertz CT molecular complexity index is 742. The first-order valence-corrected chi connectivity index (χ1v) is 5.27. The van der Waals surface area contributed by atoms with Crippen LogP contribution >= 0.6 is 0 Å². The van der Waals surface area contributed by atoms with Crippen molar-refractivity contribution < 1.29 is 14.3 Å². The first kappa shape index (κ1) is 10.5. The monoisotopic (exact) mass is 243 g/mol. The Morgan fingerprint density at radius 2 is 2.22 bits per heavy atom. The molecule has 0 aliphatic carbocycles. The van der Waals surface area contributed by atoms with Gasteiger partial charge in [0.25, 0.3) is 0 Å². The lowest BCUT2D eigenvalue weighted by Gasteiger charge is -1.91. The van der Waals surface area contributed by atoms with Crippen LogP contribution in [0.5, 0.6) is 0 Å². The highest BCUT2D eigenvalue weighted by atomic mass is 16.4. The van der Waals surface area contributed by atoms with Crippen molar-refractivity contribution >= 4 is 17.1 Å². The van der Waals surface area contributed by atoms with Crippen molar-refractivity contribution in [1.82, 2.24) is 14.8 Å². The summed E-state index contributed by atoms with van der Waals surface area (Å²) in [5, 5.41) is 13.1. The van der Waals surface area contributed by atoms with Crippen molar-refractivity contribution in [3.05, 3.63) is 36.0 Å². The number of carbonyl (C=O) groups is 1. The average Bonchev–Trinajstić information content (AvgIpc) is 2.93. The predicted octanol–water partition coefficient (Wildman–Crippen LogP) is 1.93. The summed E-state index contributed by atoms with van der Waals surface area (Å²) >= 11 is 0. The lowest BCUT2D eigenvalue weighted by Crippen LogP contribution is -1.94. The largest absolute Gasteiger partial charge is 0.478 e. The van der Waals surface area contributed by atoms with Gasteiger partial charge in [0.15, 0.2) is 5.58 Å².